The van der Waals surface area contributed by atoms with Gasteiger partial charge in [-0.1, -0.05) is 235 Å². The highest BCUT2D eigenvalue weighted by atomic mass is 31.2. The maximum absolute atomic E-state index is 12.9. The molecule has 74 heavy (non-hydrogen) atoms. The number of hydrogen-bond acceptors (Lipinski definition) is 10. The Balaban J connectivity index is 4.73. The van der Waals surface area contributed by atoms with Gasteiger partial charge in [-0.25, -0.2) is 4.57 Å². The van der Waals surface area contributed by atoms with Gasteiger partial charge in [0.25, 0.3) is 0 Å². The number of phosphoric ester groups is 1. The van der Waals surface area contributed by atoms with Crippen LogP contribution in [0.3, 0.4) is 0 Å². The highest BCUT2D eigenvalue weighted by Gasteiger charge is 2.28. The lowest BCUT2D eigenvalue weighted by atomic mass is 10.0. The minimum atomic E-state index is -4.75. The monoisotopic (exact) mass is 1060 g/mol. The van der Waals surface area contributed by atoms with Crippen LogP contribution in [0.25, 0.3) is 0 Å². The Hall–Kier alpha value is -3.08. The van der Waals surface area contributed by atoms with Crippen LogP contribution in [0.1, 0.15) is 265 Å². The topological polar surface area (TPSA) is 155 Å². The summed E-state index contributed by atoms with van der Waals surface area (Å²) < 4.78 is 39.5. The molecule has 0 rings (SSSR count). The van der Waals surface area contributed by atoms with E-state index in [4.69, 9.17) is 23.3 Å². The Labute approximate surface area is 452 Å². The van der Waals surface area contributed by atoms with Gasteiger partial charge in [-0.2, -0.15) is 0 Å². The third kappa shape index (κ3) is 53.7. The second-order valence-electron chi connectivity index (χ2n) is 19.8. The first-order valence-corrected chi connectivity index (χ1v) is 31.3. The van der Waals surface area contributed by atoms with Gasteiger partial charge >= 0.3 is 25.7 Å². The molecule has 0 aliphatic carbocycles. The molecule has 0 saturated heterocycles. The lowest BCUT2D eigenvalue weighted by Crippen LogP contribution is -2.30. The Morgan fingerprint density at radius 1 is 0.392 bits per heavy atom. The van der Waals surface area contributed by atoms with Gasteiger partial charge in [0.1, 0.15) is 12.7 Å². The fourth-order valence-electron chi connectivity index (χ4n) is 8.09. The summed E-state index contributed by atoms with van der Waals surface area (Å²) >= 11 is 0. The van der Waals surface area contributed by atoms with E-state index >= 15 is 0 Å². The molecule has 3 unspecified atom stereocenters. The highest BCUT2D eigenvalue weighted by molar-refractivity contribution is 7.47. The average molecular weight is 1060 g/mol. The Morgan fingerprint density at radius 3 is 1.14 bits per heavy atom. The molecule has 428 valence electrons. The van der Waals surface area contributed by atoms with E-state index < -0.39 is 57.8 Å². The van der Waals surface area contributed by atoms with Crippen molar-refractivity contribution in [3.05, 3.63) is 72.9 Å². The smallest absolute Gasteiger partial charge is 0.462 e. The minimum absolute atomic E-state index is 0.159. The van der Waals surface area contributed by atoms with Gasteiger partial charge in [-0.3, -0.25) is 23.4 Å². The first-order valence-electron chi connectivity index (χ1n) is 29.8. The molecular formula is C62H109O11P. The van der Waals surface area contributed by atoms with Crippen molar-refractivity contribution in [2.24, 2.45) is 0 Å². The van der Waals surface area contributed by atoms with E-state index in [1.54, 1.807) is 0 Å². The Morgan fingerprint density at radius 2 is 0.730 bits per heavy atom. The number of allylic oxidation sites excluding steroid dienone is 12. The molecule has 0 aromatic heterocycles. The second-order valence-corrected chi connectivity index (χ2v) is 21.2. The van der Waals surface area contributed by atoms with Crippen molar-refractivity contribution < 1.29 is 52.2 Å². The zero-order valence-corrected chi connectivity index (χ0v) is 48.2. The van der Waals surface area contributed by atoms with Gasteiger partial charge in [0.2, 0.25) is 0 Å². The van der Waals surface area contributed by atoms with Crippen LogP contribution in [-0.2, 0) is 42.2 Å². The molecule has 0 aliphatic heterocycles. The van der Waals surface area contributed by atoms with Crippen LogP contribution in [0.5, 0.6) is 0 Å². The summed E-state index contributed by atoms with van der Waals surface area (Å²) in [6.45, 7) is 4.46. The molecule has 11 nitrogen and oxygen atoms in total. The number of rotatable bonds is 55. The first kappa shape index (κ1) is 70.9. The van der Waals surface area contributed by atoms with Gasteiger partial charge in [-0.15, -0.1) is 0 Å². The summed E-state index contributed by atoms with van der Waals surface area (Å²) in [5.41, 5.74) is 0. The first-order chi connectivity index (χ1) is 36.2. The molecule has 0 bridgehead atoms. The van der Waals surface area contributed by atoms with Crippen LogP contribution in [0.4, 0.5) is 0 Å². The van der Waals surface area contributed by atoms with Gasteiger partial charge in [-0.05, 0) is 83.5 Å². The van der Waals surface area contributed by atoms with E-state index in [1.807, 2.05) is 0 Å². The predicted octanol–water partition coefficient (Wildman–Crippen LogP) is 17.7. The molecule has 0 aromatic carbocycles. The second kappa shape index (κ2) is 56.1. The summed E-state index contributed by atoms with van der Waals surface area (Å²) in [7, 11) is -4.75. The summed E-state index contributed by atoms with van der Waals surface area (Å²) in [5.74, 6) is -1.49. The molecule has 12 heteroatoms. The molecule has 0 aromatic rings. The maximum Gasteiger partial charge on any atom is 0.472 e. The van der Waals surface area contributed by atoms with Gasteiger partial charge in [0, 0.05) is 19.3 Å². The number of unbranched alkanes of at least 4 members (excludes halogenated alkanes) is 26. The Bertz CT molecular complexity index is 1520. The maximum atomic E-state index is 12.9. The van der Waals surface area contributed by atoms with Crippen molar-refractivity contribution >= 4 is 25.7 Å². The van der Waals surface area contributed by atoms with Crippen molar-refractivity contribution in [3.63, 3.8) is 0 Å². The van der Waals surface area contributed by atoms with Crippen LogP contribution >= 0.6 is 7.82 Å². The number of esters is 3. The molecular weight excluding hydrogens is 952 g/mol. The normalized spacial score (nSPS) is 13.9. The van der Waals surface area contributed by atoms with Crippen molar-refractivity contribution in [1.29, 1.82) is 0 Å². The number of aliphatic hydroxyl groups excluding tert-OH is 1. The highest BCUT2D eigenvalue weighted by Crippen LogP contribution is 2.43. The van der Waals surface area contributed by atoms with E-state index in [2.05, 4.69) is 93.7 Å². The largest absolute Gasteiger partial charge is 0.472 e. The van der Waals surface area contributed by atoms with Crippen LogP contribution < -0.4 is 0 Å². The summed E-state index contributed by atoms with van der Waals surface area (Å²) in [6.07, 6.45) is 62.8. The lowest BCUT2D eigenvalue weighted by Gasteiger charge is -2.21. The molecule has 0 radical (unpaired) electrons. The zero-order valence-electron chi connectivity index (χ0n) is 47.3. The molecule has 0 spiro atoms. The number of carbonyl (C=O) groups excluding carboxylic acids is 3. The molecule has 0 aliphatic rings. The van der Waals surface area contributed by atoms with Gasteiger partial charge in [0.05, 0.1) is 19.8 Å². The molecule has 0 saturated carbocycles. The van der Waals surface area contributed by atoms with E-state index in [0.717, 1.165) is 128 Å². The molecule has 0 amide bonds. The Kier molecular flexibility index (Phi) is 53.8. The van der Waals surface area contributed by atoms with Crippen molar-refractivity contribution in [2.45, 2.75) is 277 Å². The van der Waals surface area contributed by atoms with Crippen LogP contribution in [0.15, 0.2) is 72.9 Å². The van der Waals surface area contributed by atoms with Crippen LogP contribution in [0, 0.1) is 0 Å². The molecule has 3 atom stereocenters. The van der Waals surface area contributed by atoms with E-state index in [9.17, 15) is 28.9 Å². The third-order valence-corrected chi connectivity index (χ3v) is 13.5. The quantitative estimate of drug-likeness (QED) is 0.0197. The number of carbonyl (C=O) groups is 3. The number of aliphatic hydroxyl groups is 1. The van der Waals surface area contributed by atoms with E-state index in [0.29, 0.717) is 19.3 Å². The van der Waals surface area contributed by atoms with Gasteiger partial charge < -0.3 is 24.2 Å². The summed E-state index contributed by atoms with van der Waals surface area (Å²) in [6, 6.07) is 0. The van der Waals surface area contributed by atoms with E-state index in [1.165, 1.54) is 77.0 Å². The summed E-state index contributed by atoms with van der Waals surface area (Å²) in [5, 5.41) is 9.81. The molecule has 0 fully saturated rings. The molecule has 0 heterocycles. The zero-order chi connectivity index (χ0) is 54.1. The van der Waals surface area contributed by atoms with Crippen molar-refractivity contribution in [2.75, 3.05) is 26.4 Å². The van der Waals surface area contributed by atoms with Crippen LogP contribution in [0.2, 0.25) is 0 Å². The van der Waals surface area contributed by atoms with E-state index in [-0.39, 0.29) is 25.9 Å². The third-order valence-electron chi connectivity index (χ3n) is 12.6. The SMILES string of the molecule is CC/C=C\C/C=C\C/C=C\C/C=C\CCCCCCCCC(=O)OCC(COP(=O)(O)OCC(CO)OC(=O)CCCCCCC/C=C\C/C=C\CCC)OC(=O)CCCCCCCCCCCCCCCCC. The fourth-order valence-corrected chi connectivity index (χ4v) is 8.88. The standard InChI is InChI=1S/C62H109O11P/c1-4-7-10-13-16-19-22-25-27-28-29-30-32-34-36-39-42-45-48-51-60(64)69-55-59(73-62(66)53-50-47-44-41-38-35-31-26-23-20-17-14-11-8-5-2)57-71-74(67,68)70-56-58(54-63)72-61(65)52-49-46-43-40-37-33-24-21-18-15-12-9-6-3/h7,10,12,15-16,19,21,24-25,27,29-30,58-59,63H,4-6,8-9,11,13-14,17-18,20,22-23,26,28,31-57H2,1-3H3,(H,67,68)/b10-7-,15-12-,19-16-,24-21-,27-25-,30-29-. The number of phosphoric acid groups is 1. The fraction of sp³-hybridized carbons (Fsp3) is 0.758. The van der Waals surface area contributed by atoms with Gasteiger partial charge in [0.15, 0.2) is 6.10 Å². The minimum Gasteiger partial charge on any atom is -0.462 e. The lowest BCUT2D eigenvalue weighted by molar-refractivity contribution is -0.161. The predicted molar refractivity (Wildman–Crippen MR) is 307 cm³/mol. The molecule has 2 N–H and O–H groups in total. The summed E-state index contributed by atoms with van der Waals surface area (Å²) in [4.78, 5) is 48.6. The van der Waals surface area contributed by atoms with Crippen molar-refractivity contribution in [1.82, 2.24) is 0 Å². The van der Waals surface area contributed by atoms with Crippen molar-refractivity contribution in [3.8, 4) is 0 Å². The van der Waals surface area contributed by atoms with Crippen LogP contribution in [-0.4, -0.2) is 66.5 Å². The average Bonchev–Trinajstić information content (AvgIpc) is 3.39. The number of ether oxygens (including phenoxy) is 3. The number of hydrogen-bond donors (Lipinski definition) is 2.